The summed E-state index contributed by atoms with van der Waals surface area (Å²) in [5, 5.41) is 7.53. The summed E-state index contributed by atoms with van der Waals surface area (Å²) in [6, 6.07) is 14.8. The van der Waals surface area contributed by atoms with E-state index in [1.165, 1.54) is 0 Å². The molecule has 1 heterocycles. The van der Waals surface area contributed by atoms with E-state index in [0.29, 0.717) is 24.9 Å². The van der Waals surface area contributed by atoms with Gasteiger partial charge >= 0.3 is 0 Å². The minimum absolute atomic E-state index is 0.0730. The predicted molar refractivity (Wildman–Crippen MR) is 101 cm³/mol. The van der Waals surface area contributed by atoms with Gasteiger partial charge in [-0.1, -0.05) is 24.3 Å². The van der Waals surface area contributed by atoms with Crippen LogP contribution in [0.15, 0.2) is 53.3 Å². The number of hydrogen-bond donors (Lipinski definition) is 1. The van der Waals surface area contributed by atoms with E-state index >= 15 is 0 Å². The van der Waals surface area contributed by atoms with Crippen LogP contribution in [-0.4, -0.2) is 29.3 Å². The van der Waals surface area contributed by atoms with Crippen molar-refractivity contribution in [2.24, 2.45) is 0 Å². The molecule has 0 spiro atoms. The Morgan fingerprint density at radius 2 is 2.00 bits per heavy atom. The van der Waals surface area contributed by atoms with Gasteiger partial charge in [0, 0.05) is 18.5 Å². The number of methoxy groups -OCH3 is 1. The minimum atomic E-state index is -0.453. The molecule has 2 aromatic carbocycles. The van der Waals surface area contributed by atoms with Gasteiger partial charge in [-0.15, -0.1) is 0 Å². The molecule has 3 rings (SSSR count). The number of amides is 1. The lowest BCUT2D eigenvalue weighted by molar-refractivity contribution is 0.0946. The molecular weight excluding hydrogens is 330 g/mol. The monoisotopic (exact) mass is 351 g/mol. The number of benzene rings is 2. The van der Waals surface area contributed by atoms with Gasteiger partial charge in [-0.3, -0.25) is 14.3 Å². The average molecular weight is 351 g/mol. The van der Waals surface area contributed by atoms with Crippen molar-refractivity contribution >= 4 is 16.8 Å². The van der Waals surface area contributed by atoms with Crippen LogP contribution in [-0.2, 0) is 13.0 Å². The van der Waals surface area contributed by atoms with Crippen molar-refractivity contribution in [1.29, 1.82) is 0 Å². The molecule has 6 heteroatoms. The molecule has 0 aliphatic heterocycles. The fourth-order valence-corrected chi connectivity index (χ4v) is 2.86. The van der Waals surface area contributed by atoms with Crippen molar-refractivity contribution in [2.45, 2.75) is 19.9 Å². The molecule has 0 bridgehead atoms. The van der Waals surface area contributed by atoms with Crippen LogP contribution in [0.2, 0.25) is 0 Å². The number of rotatable bonds is 6. The van der Waals surface area contributed by atoms with Crippen LogP contribution in [0.4, 0.5) is 0 Å². The molecule has 1 aromatic heterocycles. The van der Waals surface area contributed by atoms with Crippen molar-refractivity contribution in [2.75, 3.05) is 13.7 Å². The number of nitrogens with one attached hydrogen (secondary N) is 1. The van der Waals surface area contributed by atoms with Crippen LogP contribution in [0.5, 0.6) is 5.75 Å². The lowest BCUT2D eigenvalue weighted by Gasteiger charge is -2.10. The van der Waals surface area contributed by atoms with Crippen LogP contribution in [0.1, 0.15) is 23.0 Å². The lowest BCUT2D eigenvalue weighted by Crippen LogP contribution is -2.33. The third-order valence-electron chi connectivity index (χ3n) is 4.21. The molecule has 26 heavy (non-hydrogen) atoms. The number of aromatic nitrogens is 2. The highest BCUT2D eigenvalue weighted by atomic mass is 16.5. The molecule has 6 nitrogen and oxygen atoms in total. The highest BCUT2D eigenvalue weighted by Crippen LogP contribution is 2.13. The number of nitrogens with zero attached hydrogens (tertiary/aromatic N) is 2. The topological polar surface area (TPSA) is 73.2 Å². The molecule has 1 N–H and O–H groups in total. The molecule has 1 amide bonds. The first-order chi connectivity index (χ1) is 12.6. The molecule has 0 fully saturated rings. The highest BCUT2D eigenvalue weighted by molar-refractivity contribution is 5.95. The van der Waals surface area contributed by atoms with Gasteiger partial charge in [-0.2, -0.15) is 5.10 Å². The molecule has 0 atom stereocenters. The summed E-state index contributed by atoms with van der Waals surface area (Å²) in [7, 11) is 1.62. The predicted octanol–water partition coefficient (Wildman–Crippen LogP) is 2.40. The Hall–Kier alpha value is -3.15. The van der Waals surface area contributed by atoms with Crippen LogP contribution in [0, 0.1) is 0 Å². The SMILES string of the molecule is CCn1nc(C(=O)NCCc2cccc(OC)c2)c(=O)c2ccccc21. The van der Waals surface area contributed by atoms with Crippen molar-refractivity contribution in [3.8, 4) is 5.75 Å². The summed E-state index contributed by atoms with van der Waals surface area (Å²) < 4.78 is 6.87. The van der Waals surface area contributed by atoms with Gasteiger partial charge < -0.3 is 10.1 Å². The Morgan fingerprint density at radius 3 is 2.77 bits per heavy atom. The van der Waals surface area contributed by atoms with Crippen molar-refractivity contribution < 1.29 is 9.53 Å². The quantitative estimate of drug-likeness (QED) is 0.740. The number of carbonyl (C=O) groups is 1. The molecule has 134 valence electrons. The number of fused-ring (bicyclic) bond motifs is 1. The second-order valence-electron chi connectivity index (χ2n) is 5.87. The van der Waals surface area contributed by atoms with Gasteiger partial charge in [0.1, 0.15) is 5.75 Å². The van der Waals surface area contributed by atoms with E-state index in [4.69, 9.17) is 4.74 Å². The molecule has 0 unspecified atom stereocenters. The normalized spacial score (nSPS) is 10.7. The van der Waals surface area contributed by atoms with Gasteiger partial charge in [0.25, 0.3) is 5.91 Å². The Balaban J connectivity index is 1.77. The van der Waals surface area contributed by atoms with Crippen molar-refractivity contribution in [1.82, 2.24) is 15.1 Å². The van der Waals surface area contributed by atoms with E-state index < -0.39 is 5.91 Å². The largest absolute Gasteiger partial charge is 0.497 e. The van der Waals surface area contributed by atoms with Gasteiger partial charge in [-0.05, 0) is 43.2 Å². The maximum absolute atomic E-state index is 12.6. The standard InChI is InChI=1S/C20H21N3O3/c1-3-23-17-10-5-4-9-16(17)19(24)18(22-23)20(25)21-12-11-14-7-6-8-15(13-14)26-2/h4-10,13H,3,11-12H2,1-2H3,(H,21,25). The first-order valence-electron chi connectivity index (χ1n) is 8.55. The molecule has 0 aliphatic rings. The minimum Gasteiger partial charge on any atom is -0.497 e. The van der Waals surface area contributed by atoms with Crippen LogP contribution in [0.3, 0.4) is 0 Å². The van der Waals surface area contributed by atoms with E-state index in [9.17, 15) is 9.59 Å². The Kier molecular flexibility index (Phi) is 5.31. The number of ether oxygens (including phenoxy) is 1. The van der Waals surface area contributed by atoms with Gasteiger partial charge in [0.05, 0.1) is 12.6 Å². The third-order valence-corrected chi connectivity index (χ3v) is 4.21. The second-order valence-corrected chi connectivity index (χ2v) is 5.87. The Morgan fingerprint density at radius 1 is 1.19 bits per heavy atom. The molecule has 0 saturated heterocycles. The maximum atomic E-state index is 12.6. The molecule has 3 aromatic rings. The molecule has 0 saturated carbocycles. The van der Waals surface area contributed by atoms with Crippen LogP contribution >= 0.6 is 0 Å². The maximum Gasteiger partial charge on any atom is 0.275 e. The second kappa shape index (κ2) is 7.82. The Labute approximate surface area is 151 Å². The first kappa shape index (κ1) is 17.7. The van der Waals surface area contributed by atoms with Crippen LogP contribution in [0.25, 0.3) is 10.9 Å². The molecule has 0 aliphatic carbocycles. The summed E-state index contributed by atoms with van der Waals surface area (Å²) in [6.07, 6.45) is 0.637. The third kappa shape index (κ3) is 3.59. The van der Waals surface area contributed by atoms with Crippen molar-refractivity contribution in [3.05, 3.63) is 70.0 Å². The number of carbonyl (C=O) groups excluding carboxylic acids is 1. The fraction of sp³-hybridized carbons (Fsp3) is 0.250. The van der Waals surface area contributed by atoms with E-state index in [1.54, 1.807) is 23.9 Å². The van der Waals surface area contributed by atoms with Gasteiger partial charge in [-0.25, -0.2) is 0 Å². The average Bonchev–Trinajstić information content (AvgIpc) is 2.68. The lowest BCUT2D eigenvalue weighted by atomic mass is 10.1. The fourth-order valence-electron chi connectivity index (χ4n) is 2.86. The van der Waals surface area contributed by atoms with E-state index in [1.807, 2.05) is 43.3 Å². The first-order valence-corrected chi connectivity index (χ1v) is 8.55. The summed E-state index contributed by atoms with van der Waals surface area (Å²) in [6.45, 7) is 2.91. The van der Waals surface area contributed by atoms with Crippen LogP contribution < -0.4 is 15.5 Å². The van der Waals surface area contributed by atoms with Gasteiger partial charge in [0.2, 0.25) is 5.43 Å². The molecular formula is C20H21N3O3. The number of hydrogen-bond acceptors (Lipinski definition) is 4. The summed E-state index contributed by atoms with van der Waals surface area (Å²) in [4.78, 5) is 25.1. The summed E-state index contributed by atoms with van der Waals surface area (Å²) in [5.74, 6) is 0.321. The number of aryl methyl sites for hydroxylation is 1. The van der Waals surface area contributed by atoms with E-state index in [0.717, 1.165) is 16.8 Å². The summed E-state index contributed by atoms with van der Waals surface area (Å²) in [5.41, 5.74) is 1.36. The zero-order valence-electron chi connectivity index (χ0n) is 14.9. The zero-order chi connectivity index (χ0) is 18.5. The van der Waals surface area contributed by atoms with Crippen molar-refractivity contribution in [3.63, 3.8) is 0 Å². The van der Waals surface area contributed by atoms with E-state index in [-0.39, 0.29) is 11.1 Å². The highest BCUT2D eigenvalue weighted by Gasteiger charge is 2.16. The smallest absolute Gasteiger partial charge is 0.275 e. The number of para-hydroxylation sites is 1. The van der Waals surface area contributed by atoms with Gasteiger partial charge in [0.15, 0.2) is 5.69 Å². The zero-order valence-corrected chi connectivity index (χ0v) is 14.9. The van der Waals surface area contributed by atoms with E-state index in [2.05, 4.69) is 10.4 Å². The summed E-state index contributed by atoms with van der Waals surface area (Å²) >= 11 is 0. The Bertz CT molecular complexity index is 995. The molecule has 0 radical (unpaired) electrons.